The van der Waals surface area contributed by atoms with E-state index in [0.717, 1.165) is 18.8 Å². The van der Waals surface area contributed by atoms with E-state index in [2.05, 4.69) is 12.2 Å². The number of rotatable bonds is 3. The van der Waals surface area contributed by atoms with Gasteiger partial charge in [-0.05, 0) is 38.5 Å². The van der Waals surface area contributed by atoms with Crippen molar-refractivity contribution in [3.05, 3.63) is 0 Å². The third-order valence-corrected chi connectivity index (χ3v) is 4.56. The second-order valence-corrected chi connectivity index (χ2v) is 5.81. The van der Waals surface area contributed by atoms with E-state index in [1.54, 1.807) is 0 Å². The third-order valence-electron chi connectivity index (χ3n) is 4.56. The molecule has 0 radical (unpaired) electrons. The fourth-order valence-electron chi connectivity index (χ4n) is 3.41. The van der Waals surface area contributed by atoms with Gasteiger partial charge in [0, 0.05) is 12.1 Å². The summed E-state index contributed by atoms with van der Waals surface area (Å²) in [4.78, 5) is 0. The zero-order valence-electron chi connectivity index (χ0n) is 10.6. The molecule has 2 heteroatoms. The lowest BCUT2D eigenvalue weighted by Gasteiger charge is -2.29. The topological polar surface area (TPSA) is 32.3 Å². The molecule has 3 unspecified atom stereocenters. The highest BCUT2D eigenvalue weighted by atomic mass is 16.3. The molecule has 2 aliphatic carbocycles. The summed E-state index contributed by atoms with van der Waals surface area (Å²) in [6, 6.07) is 0.957. The van der Waals surface area contributed by atoms with Gasteiger partial charge in [0.15, 0.2) is 0 Å². The number of hydrogen-bond donors (Lipinski definition) is 2. The molecule has 0 aromatic rings. The van der Waals surface area contributed by atoms with Crippen molar-refractivity contribution in [3.63, 3.8) is 0 Å². The van der Waals surface area contributed by atoms with Crippen LogP contribution in [-0.4, -0.2) is 23.3 Å². The molecule has 0 amide bonds. The Bertz CT molecular complexity index is 201. The van der Waals surface area contributed by atoms with Gasteiger partial charge in [0.1, 0.15) is 0 Å². The van der Waals surface area contributed by atoms with Gasteiger partial charge in [-0.1, -0.05) is 32.1 Å². The van der Waals surface area contributed by atoms with Crippen molar-refractivity contribution in [2.45, 2.75) is 82.9 Å². The number of nitrogens with one attached hydrogen (secondary N) is 1. The van der Waals surface area contributed by atoms with E-state index in [1.807, 2.05) is 0 Å². The number of aliphatic hydroxyl groups is 1. The molecule has 0 bridgehead atoms. The van der Waals surface area contributed by atoms with Gasteiger partial charge in [-0.3, -0.25) is 0 Å². The van der Waals surface area contributed by atoms with Gasteiger partial charge >= 0.3 is 0 Å². The van der Waals surface area contributed by atoms with E-state index in [1.165, 1.54) is 44.9 Å². The normalized spacial score (nSPS) is 34.9. The summed E-state index contributed by atoms with van der Waals surface area (Å²) in [6.45, 7) is 2.31. The van der Waals surface area contributed by atoms with Crippen molar-refractivity contribution in [3.8, 4) is 0 Å². The fourth-order valence-corrected chi connectivity index (χ4v) is 3.41. The van der Waals surface area contributed by atoms with Crippen LogP contribution in [0.25, 0.3) is 0 Å². The van der Waals surface area contributed by atoms with Crippen molar-refractivity contribution in [2.75, 3.05) is 0 Å². The summed E-state index contributed by atoms with van der Waals surface area (Å²) in [5.74, 6) is 0.857. The van der Waals surface area contributed by atoms with Crippen LogP contribution in [0.3, 0.4) is 0 Å². The minimum absolute atomic E-state index is 0.105. The first-order valence-corrected chi connectivity index (χ1v) is 7.21. The zero-order chi connectivity index (χ0) is 11.4. The van der Waals surface area contributed by atoms with Crippen molar-refractivity contribution in [2.24, 2.45) is 5.92 Å². The molecule has 0 aromatic heterocycles. The van der Waals surface area contributed by atoms with Crippen LogP contribution >= 0.6 is 0 Å². The van der Waals surface area contributed by atoms with Gasteiger partial charge in [-0.15, -0.1) is 0 Å². The molecule has 94 valence electrons. The molecule has 2 saturated carbocycles. The van der Waals surface area contributed by atoms with Crippen molar-refractivity contribution in [1.82, 2.24) is 5.32 Å². The Morgan fingerprint density at radius 3 is 2.31 bits per heavy atom. The Morgan fingerprint density at radius 1 is 0.938 bits per heavy atom. The van der Waals surface area contributed by atoms with E-state index < -0.39 is 0 Å². The smallest absolute Gasteiger partial charge is 0.0693 e. The van der Waals surface area contributed by atoms with Gasteiger partial charge in [-0.25, -0.2) is 0 Å². The van der Waals surface area contributed by atoms with Crippen LogP contribution in [-0.2, 0) is 0 Å². The quantitative estimate of drug-likeness (QED) is 0.724. The first-order chi connectivity index (χ1) is 7.77. The molecule has 16 heavy (non-hydrogen) atoms. The molecule has 0 spiro atoms. The molecule has 2 N–H and O–H groups in total. The maximum atomic E-state index is 10.1. The van der Waals surface area contributed by atoms with E-state index >= 15 is 0 Å². The third kappa shape index (κ3) is 3.21. The molecule has 0 saturated heterocycles. The SMILES string of the molecule is CC(NC1CCCCCC1O)C1CCCC1. The maximum absolute atomic E-state index is 10.1. The number of aliphatic hydroxyl groups excluding tert-OH is 1. The second kappa shape index (κ2) is 6.02. The lowest BCUT2D eigenvalue weighted by Crippen LogP contribution is -2.46. The van der Waals surface area contributed by atoms with Crippen molar-refractivity contribution < 1.29 is 5.11 Å². The molecule has 3 atom stereocenters. The highest BCUT2D eigenvalue weighted by Crippen LogP contribution is 2.28. The molecule has 2 nitrogen and oxygen atoms in total. The van der Waals surface area contributed by atoms with Gasteiger partial charge < -0.3 is 10.4 Å². The Morgan fingerprint density at radius 2 is 1.56 bits per heavy atom. The summed E-state index contributed by atoms with van der Waals surface area (Å²) >= 11 is 0. The maximum Gasteiger partial charge on any atom is 0.0693 e. The molecule has 2 fully saturated rings. The van der Waals surface area contributed by atoms with Gasteiger partial charge in [0.2, 0.25) is 0 Å². The minimum atomic E-state index is -0.105. The van der Waals surface area contributed by atoms with E-state index in [4.69, 9.17) is 0 Å². The van der Waals surface area contributed by atoms with Gasteiger partial charge in [0.05, 0.1) is 6.10 Å². The van der Waals surface area contributed by atoms with Crippen LogP contribution in [0.2, 0.25) is 0 Å². The van der Waals surface area contributed by atoms with Crippen LogP contribution in [0.15, 0.2) is 0 Å². The van der Waals surface area contributed by atoms with Crippen molar-refractivity contribution in [1.29, 1.82) is 0 Å². The molecule has 0 heterocycles. The molecular weight excluding hydrogens is 198 g/mol. The second-order valence-electron chi connectivity index (χ2n) is 5.81. The summed E-state index contributed by atoms with van der Waals surface area (Å²) < 4.78 is 0. The summed E-state index contributed by atoms with van der Waals surface area (Å²) in [7, 11) is 0. The van der Waals surface area contributed by atoms with Crippen molar-refractivity contribution >= 4 is 0 Å². The van der Waals surface area contributed by atoms with E-state index in [-0.39, 0.29) is 6.10 Å². The molecule has 0 aromatic carbocycles. The highest BCUT2D eigenvalue weighted by Gasteiger charge is 2.27. The van der Waals surface area contributed by atoms with Crippen LogP contribution in [0.5, 0.6) is 0 Å². The van der Waals surface area contributed by atoms with Crippen LogP contribution in [0.4, 0.5) is 0 Å². The monoisotopic (exact) mass is 225 g/mol. The first kappa shape index (κ1) is 12.4. The van der Waals surface area contributed by atoms with Crippen LogP contribution < -0.4 is 5.32 Å². The van der Waals surface area contributed by atoms with Gasteiger partial charge in [0.25, 0.3) is 0 Å². The Kier molecular flexibility index (Phi) is 4.66. The largest absolute Gasteiger partial charge is 0.392 e. The molecule has 2 aliphatic rings. The lowest BCUT2D eigenvalue weighted by atomic mass is 9.97. The molecule has 0 aliphatic heterocycles. The Labute approximate surface area is 99.8 Å². The Hall–Kier alpha value is -0.0800. The summed E-state index contributed by atoms with van der Waals surface area (Å²) in [5.41, 5.74) is 0. The predicted octanol–water partition coefficient (Wildman–Crippen LogP) is 2.85. The summed E-state index contributed by atoms with van der Waals surface area (Å²) in [6.07, 6.45) is 11.4. The first-order valence-electron chi connectivity index (χ1n) is 7.21. The van der Waals surface area contributed by atoms with Crippen LogP contribution in [0.1, 0.15) is 64.7 Å². The molecular formula is C14H27NO. The zero-order valence-corrected chi connectivity index (χ0v) is 10.6. The minimum Gasteiger partial charge on any atom is -0.392 e. The van der Waals surface area contributed by atoms with E-state index in [0.29, 0.717) is 12.1 Å². The van der Waals surface area contributed by atoms with Gasteiger partial charge in [-0.2, -0.15) is 0 Å². The standard InChI is InChI=1S/C14H27NO/c1-11(12-7-5-6-8-12)15-13-9-3-2-4-10-14(13)16/h11-16H,2-10H2,1H3. The average Bonchev–Trinajstić information content (AvgIpc) is 2.73. The Balaban J connectivity index is 1.81. The average molecular weight is 225 g/mol. The summed E-state index contributed by atoms with van der Waals surface area (Å²) in [5, 5.41) is 13.8. The van der Waals surface area contributed by atoms with E-state index in [9.17, 15) is 5.11 Å². The molecule has 2 rings (SSSR count). The predicted molar refractivity (Wildman–Crippen MR) is 67.4 cm³/mol. The lowest BCUT2D eigenvalue weighted by molar-refractivity contribution is 0.109. The fraction of sp³-hybridized carbons (Fsp3) is 1.00. The van der Waals surface area contributed by atoms with Crippen LogP contribution in [0, 0.1) is 5.92 Å². The number of hydrogen-bond acceptors (Lipinski definition) is 2. The highest BCUT2D eigenvalue weighted by molar-refractivity contribution is 4.85.